The Morgan fingerprint density at radius 2 is 2.10 bits per heavy atom. The molecule has 2 amide bonds. The van der Waals surface area contributed by atoms with Gasteiger partial charge in [0.25, 0.3) is 5.91 Å². The molecule has 1 aliphatic rings. The highest BCUT2D eigenvalue weighted by Gasteiger charge is 2.15. The molecule has 2 aromatic heterocycles. The number of hydrogen-bond donors (Lipinski definition) is 2. The van der Waals surface area contributed by atoms with Crippen LogP contribution in [0.4, 0.5) is 5.13 Å². The number of rotatable bonds is 5. The van der Waals surface area contributed by atoms with Crippen LogP contribution in [0.3, 0.4) is 0 Å². The zero-order valence-corrected chi connectivity index (χ0v) is 17.5. The average molecular weight is 413 g/mol. The molecule has 0 saturated carbocycles. The number of nitrogens with zero attached hydrogens (tertiary/aromatic N) is 2. The van der Waals surface area contributed by atoms with E-state index in [0.29, 0.717) is 17.3 Å². The van der Waals surface area contributed by atoms with Crippen molar-refractivity contribution in [2.45, 2.75) is 20.3 Å². The van der Waals surface area contributed by atoms with Crippen molar-refractivity contribution in [3.8, 4) is 17.0 Å². The third-order valence-corrected chi connectivity index (χ3v) is 5.00. The molecule has 152 valence electrons. The van der Waals surface area contributed by atoms with Crippen LogP contribution in [0.25, 0.3) is 11.3 Å². The topological polar surface area (TPSA) is 85.3 Å². The summed E-state index contributed by atoms with van der Waals surface area (Å²) in [5, 5.41) is 7.68. The van der Waals surface area contributed by atoms with Gasteiger partial charge in [-0.2, -0.15) is 0 Å². The molecule has 0 bridgehead atoms. The van der Waals surface area contributed by atoms with Gasteiger partial charge in [0.15, 0.2) is 5.13 Å². The van der Waals surface area contributed by atoms with Crippen LogP contribution in [0.5, 0.6) is 5.75 Å². The number of carbonyl (C=O) groups excluding carboxylic acids is 2. The first-order valence-corrected chi connectivity index (χ1v) is 10.4. The van der Waals surface area contributed by atoms with Crippen LogP contribution in [0, 0.1) is 0 Å². The van der Waals surface area contributed by atoms with E-state index in [4.69, 9.17) is 4.74 Å². The number of nitrogens with one attached hydrogen (secondary N) is 2. The SMILES string of the molecule is CC.Cn1ccc(C(=O)NCC(=O)Nc2nc(-c3ccc4c(c3)OCC4)cs2)c1. The molecule has 2 N–H and O–H groups in total. The largest absolute Gasteiger partial charge is 0.493 e. The number of amides is 2. The summed E-state index contributed by atoms with van der Waals surface area (Å²) in [6.07, 6.45) is 4.40. The quantitative estimate of drug-likeness (QED) is 0.672. The van der Waals surface area contributed by atoms with Crippen LogP contribution in [0.1, 0.15) is 29.8 Å². The lowest BCUT2D eigenvalue weighted by Crippen LogP contribution is -2.32. The van der Waals surface area contributed by atoms with Crippen molar-refractivity contribution in [2.75, 3.05) is 18.5 Å². The Bertz CT molecular complexity index is 1010. The number of anilines is 1. The predicted molar refractivity (Wildman–Crippen MR) is 114 cm³/mol. The number of aromatic nitrogens is 2. The van der Waals surface area contributed by atoms with Gasteiger partial charge in [0.2, 0.25) is 5.91 Å². The lowest BCUT2D eigenvalue weighted by Gasteiger charge is -2.04. The monoisotopic (exact) mass is 412 g/mol. The minimum Gasteiger partial charge on any atom is -0.493 e. The normalized spacial score (nSPS) is 11.7. The minimum atomic E-state index is -0.322. The van der Waals surface area contributed by atoms with Crippen LogP contribution in [0.15, 0.2) is 42.0 Å². The summed E-state index contributed by atoms with van der Waals surface area (Å²) in [6.45, 7) is 4.60. The number of carbonyl (C=O) groups is 2. The standard InChI is InChI=1S/C19H18N4O3S.C2H6/c1-23-6-4-14(10-23)18(25)20-9-17(24)22-19-21-15(11-27-19)13-3-2-12-5-7-26-16(12)8-13;1-2/h2-4,6,8,10-11H,5,7,9H2,1H3,(H,20,25)(H,21,22,24);1-2H3. The fourth-order valence-corrected chi connectivity index (χ4v) is 3.59. The predicted octanol–water partition coefficient (Wildman–Crippen LogP) is 3.48. The van der Waals surface area contributed by atoms with Crippen molar-refractivity contribution in [3.63, 3.8) is 0 Å². The summed E-state index contributed by atoms with van der Waals surface area (Å²) >= 11 is 1.34. The van der Waals surface area contributed by atoms with Crippen molar-refractivity contribution >= 4 is 28.3 Å². The van der Waals surface area contributed by atoms with Gasteiger partial charge in [0.05, 0.1) is 24.4 Å². The van der Waals surface area contributed by atoms with E-state index >= 15 is 0 Å². The van der Waals surface area contributed by atoms with Crippen LogP contribution < -0.4 is 15.4 Å². The van der Waals surface area contributed by atoms with Gasteiger partial charge in [-0.3, -0.25) is 9.59 Å². The van der Waals surface area contributed by atoms with Crippen molar-refractivity contribution in [1.29, 1.82) is 0 Å². The Balaban J connectivity index is 0.00000117. The van der Waals surface area contributed by atoms with E-state index in [9.17, 15) is 9.59 Å². The van der Waals surface area contributed by atoms with Gasteiger partial charge in [-0.25, -0.2) is 4.98 Å². The molecule has 0 unspecified atom stereocenters. The molecule has 29 heavy (non-hydrogen) atoms. The molecule has 7 nitrogen and oxygen atoms in total. The summed E-state index contributed by atoms with van der Waals surface area (Å²) < 4.78 is 7.36. The van der Waals surface area contributed by atoms with Gasteiger partial charge in [-0.05, 0) is 17.7 Å². The highest BCUT2D eigenvalue weighted by molar-refractivity contribution is 7.14. The van der Waals surface area contributed by atoms with Crippen LogP contribution >= 0.6 is 11.3 Å². The van der Waals surface area contributed by atoms with Crippen molar-refractivity contribution in [2.24, 2.45) is 7.05 Å². The first-order chi connectivity index (χ1) is 14.1. The molecule has 8 heteroatoms. The zero-order chi connectivity index (χ0) is 20.8. The highest BCUT2D eigenvalue weighted by atomic mass is 32.1. The van der Waals surface area contributed by atoms with Crippen LogP contribution in [0.2, 0.25) is 0 Å². The van der Waals surface area contributed by atoms with E-state index in [1.165, 1.54) is 16.9 Å². The number of fused-ring (bicyclic) bond motifs is 1. The number of thiazole rings is 1. The molecule has 1 aromatic carbocycles. The van der Waals surface area contributed by atoms with Crippen molar-refractivity contribution < 1.29 is 14.3 Å². The van der Waals surface area contributed by atoms with Crippen molar-refractivity contribution in [1.82, 2.24) is 14.9 Å². The molecule has 0 radical (unpaired) electrons. The van der Waals surface area contributed by atoms with Gasteiger partial charge in [-0.1, -0.05) is 26.0 Å². The molecule has 3 aromatic rings. The summed E-state index contributed by atoms with van der Waals surface area (Å²) in [4.78, 5) is 28.5. The fraction of sp³-hybridized carbons (Fsp3) is 0.286. The summed E-state index contributed by atoms with van der Waals surface area (Å²) in [6, 6.07) is 7.73. The zero-order valence-electron chi connectivity index (χ0n) is 16.7. The van der Waals surface area contributed by atoms with Gasteiger partial charge < -0.3 is 19.9 Å². The van der Waals surface area contributed by atoms with E-state index in [1.807, 2.05) is 44.5 Å². The van der Waals surface area contributed by atoms with E-state index in [2.05, 4.69) is 15.6 Å². The second kappa shape index (κ2) is 9.38. The molecular weight excluding hydrogens is 388 g/mol. The maximum atomic E-state index is 12.1. The third-order valence-electron chi connectivity index (χ3n) is 4.25. The van der Waals surface area contributed by atoms with E-state index < -0.39 is 0 Å². The summed E-state index contributed by atoms with van der Waals surface area (Å²) in [5.74, 6) is 0.288. The molecule has 3 heterocycles. The Labute approximate surface area is 173 Å². The highest BCUT2D eigenvalue weighted by Crippen LogP contribution is 2.32. The molecular formula is C21H24N4O3S. The lowest BCUT2D eigenvalue weighted by molar-refractivity contribution is -0.115. The average Bonchev–Trinajstić information content (AvgIpc) is 3.47. The second-order valence-electron chi connectivity index (χ2n) is 6.26. The van der Waals surface area contributed by atoms with Crippen molar-refractivity contribution in [3.05, 3.63) is 53.2 Å². The first-order valence-electron chi connectivity index (χ1n) is 9.50. The fourth-order valence-electron chi connectivity index (χ4n) is 2.85. The maximum Gasteiger partial charge on any atom is 0.253 e. The lowest BCUT2D eigenvalue weighted by atomic mass is 10.1. The molecule has 0 saturated heterocycles. The van der Waals surface area contributed by atoms with Gasteiger partial charge in [-0.15, -0.1) is 11.3 Å². The molecule has 4 rings (SSSR count). The molecule has 1 aliphatic heterocycles. The van der Waals surface area contributed by atoms with Crippen LogP contribution in [-0.4, -0.2) is 34.5 Å². The summed E-state index contributed by atoms with van der Waals surface area (Å²) in [7, 11) is 1.83. The Morgan fingerprint density at radius 3 is 2.86 bits per heavy atom. The number of benzene rings is 1. The van der Waals surface area contributed by atoms with E-state index in [-0.39, 0.29) is 18.4 Å². The third kappa shape index (κ3) is 5.03. The number of aryl methyl sites for hydroxylation is 1. The van der Waals surface area contributed by atoms with Gasteiger partial charge in [0.1, 0.15) is 5.75 Å². The summed E-state index contributed by atoms with van der Waals surface area (Å²) in [5.41, 5.74) is 3.45. The molecule has 0 fully saturated rings. The Morgan fingerprint density at radius 1 is 1.28 bits per heavy atom. The molecule has 0 aliphatic carbocycles. The maximum absolute atomic E-state index is 12.1. The van der Waals surface area contributed by atoms with E-state index in [1.54, 1.807) is 23.0 Å². The Kier molecular flexibility index (Phi) is 6.66. The van der Waals surface area contributed by atoms with E-state index in [0.717, 1.165) is 23.4 Å². The molecule has 0 atom stereocenters. The smallest absolute Gasteiger partial charge is 0.253 e. The second-order valence-corrected chi connectivity index (χ2v) is 7.11. The Hall–Kier alpha value is -3.13. The first kappa shape index (κ1) is 20.6. The van der Waals surface area contributed by atoms with Gasteiger partial charge in [0, 0.05) is 36.8 Å². The number of hydrogen-bond acceptors (Lipinski definition) is 5. The van der Waals surface area contributed by atoms with Gasteiger partial charge >= 0.3 is 0 Å². The number of ether oxygens (including phenoxy) is 1. The van der Waals surface area contributed by atoms with Crippen LogP contribution in [-0.2, 0) is 18.3 Å². The molecule has 0 spiro atoms. The minimum absolute atomic E-state index is 0.116.